The van der Waals surface area contributed by atoms with Crippen molar-refractivity contribution in [3.8, 4) is 5.75 Å². The van der Waals surface area contributed by atoms with Gasteiger partial charge >= 0.3 is 0 Å². The van der Waals surface area contributed by atoms with E-state index in [1.165, 1.54) is 0 Å². The summed E-state index contributed by atoms with van der Waals surface area (Å²) in [7, 11) is 0. The lowest BCUT2D eigenvalue weighted by Gasteiger charge is -2.37. The summed E-state index contributed by atoms with van der Waals surface area (Å²) in [5.41, 5.74) is 2.82. The molecule has 4 heterocycles. The molecule has 2 amide bonds. The number of hydrogen-bond donors (Lipinski definition) is 0. The minimum absolute atomic E-state index is 0.0485. The maximum Gasteiger partial charge on any atom is 0.278 e. The van der Waals surface area contributed by atoms with Gasteiger partial charge in [-0.2, -0.15) is 0 Å². The van der Waals surface area contributed by atoms with Crippen LogP contribution in [0.5, 0.6) is 5.75 Å². The van der Waals surface area contributed by atoms with E-state index in [0.29, 0.717) is 17.1 Å². The number of piperidine rings is 1. The second kappa shape index (κ2) is 7.48. The number of aryl methyl sites for hydroxylation is 1. The Kier molecular flexibility index (Phi) is 4.65. The minimum atomic E-state index is -0.707. The van der Waals surface area contributed by atoms with Gasteiger partial charge in [0.1, 0.15) is 17.1 Å². The third kappa shape index (κ3) is 3.30. The van der Waals surface area contributed by atoms with E-state index < -0.39 is 6.10 Å². The lowest BCUT2D eigenvalue weighted by Crippen LogP contribution is -2.52. The van der Waals surface area contributed by atoms with Crippen LogP contribution in [-0.2, 0) is 4.79 Å². The van der Waals surface area contributed by atoms with Crippen LogP contribution in [0.4, 0.5) is 5.69 Å². The smallest absolute Gasteiger partial charge is 0.278 e. The molecule has 0 spiro atoms. The van der Waals surface area contributed by atoms with Gasteiger partial charge in [-0.3, -0.25) is 14.5 Å². The quantitative estimate of drug-likeness (QED) is 0.658. The molecule has 2 aliphatic rings. The van der Waals surface area contributed by atoms with E-state index in [0.717, 1.165) is 43.6 Å². The maximum atomic E-state index is 13.4. The first-order chi connectivity index (χ1) is 14.6. The van der Waals surface area contributed by atoms with Crippen molar-refractivity contribution in [2.75, 3.05) is 24.5 Å². The van der Waals surface area contributed by atoms with Crippen LogP contribution in [-0.4, -0.2) is 51.8 Å². The van der Waals surface area contributed by atoms with E-state index in [-0.39, 0.29) is 18.4 Å². The Balaban J connectivity index is 1.47. The third-order valence-corrected chi connectivity index (χ3v) is 5.80. The zero-order valence-electron chi connectivity index (χ0n) is 17.0. The second-order valence-electron chi connectivity index (χ2n) is 7.97. The zero-order valence-corrected chi connectivity index (χ0v) is 17.0. The van der Waals surface area contributed by atoms with Crippen LogP contribution in [0.1, 0.15) is 35.3 Å². The predicted octanol–water partition coefficient (Wildman–Crippen LogP) is 3.06. The molecule has 30 heavy (non-hydrogen) atoms. The molecule has 7 nitrogen and oxygen atoms in total. The van der Waals surface area contributed by atoms with Crippen molar-refractivity contribution in [2.24, 2.45) is 0 Å². The fourth-order valence-corrected chi connectivity index (χ4v) is 4.20. The first-order valence-electron chi connectivity index (χ1n) is 10.4. The summed E-state index contributed by atoms with van der Waals surface area (Å²) in [4.78, 5) is 34.5. The highest BCUT2D eigenvalue weighted by molar-refractivity contribution is 6.07. The van der Waals surface area contributed by atoms with Crippen LogP contribution in [0.25, 0.3) is 5.65 Å². The molecule has 1 aromatic carbocycles. The Morgan fingerprint density at radius 2 is 1.90 bits per heavy atom. The molecular weight excluding hydrogens is 380 g/mol. The van der Waals surface area contributed by atoms with Gasteiger partial charge in [0.15, 0.2) is 6.10 Å². The Morgan fingerprint density at radius 1 is 1.10 bits per heavy atom. The van der Waals surface area contributed by atoms with E-state index in [9.17, 15) is 9.59 Å². The lowest BCUT2D eigenvalue weighted by atomic mass is 10.1. The highest BCUT2D eigenvalue weighted by Crippen LogP contribution is 2.34. The zero-order chi connectivity index (χ0) is 20.7. The molecule has 3 aromatic rings. The number of carbonyl (C=O) groups excluding carboxylic acids is 2. The molecule has 0 unspecified atom stereocenters. The Labute approximate surface area is 174 Å². The van der Waals surface area contributed by atoms with Gasteiger partial charge in [0, 0.05) is 25.5 Å². The van der Waals surface area contributed by atoms with Crippen LogP contribution < -0.4 is 9.64 Å². The van der Waals surface area contributed by atoms with Crippen LogP contribution in [0, 0.1) is 6.92 Å². The number of imidazole rings is 1. The molecule has 1 atom stereocenters. The first kappa shape index (κ1) is 18.7. The molecule has 154 valence electrons. The van der Waals surface area contributed by atoms with Crippen molar-refractivity contribution in [1.82, 2.24) is 14.3 Å². The number of hydrogen-bond acceptors (Lipinski definition) is 4. The van der Waals surface area contributed by atoms with Gasteiger partial charge in [0.25, 0.3) is 11.8 Å². The van der Waals surface area contributed by atoms with Gasteiger partial charge in [0.05, 0.1) is 12.2 Å². The average molecular weight is 404 g/mol. The van der Waals surface area contributed by atoms with E-state index in [1.807, 2.05) is 52.8 Å². The highest BCUT2D eigenvalue weighted by atomic mass is 16.5. The number of pyridine rings is 1. The van der Waals surface area contributed by atoms with Crippen molar-refractivity contribution in [1.29, 1.82) is 0 Å². The Morgan fingerprint density at radius 3 is 2.73 bits per heavy atom. The molecule has 0 radical (unpaired) electrons. The molecule has 0 bridgehead atoms. The van der Waals surface area contributed by atoms with Crippen molar-refractivity contribution in [3.63, 3.8) is 0 Å². The van der Waals surface area contributed by atoms with Gasteiger partial charge in [-0.15, -0.1) is 0 Å². The number of likely N-dealkylation sites (tertiary alicyclic amines) is 1. The largest absolute Gasteiger partial charge is 0.476 e. The molecule has 5 rings (SSSR count). The fraction of sp³-hybridized carbons (Fsp3) is 0.348. The predicted molar refractivity (Wildman–Crippen MR) is 113 cm³/mol. The summed E-state index contributed by atoms with van der Waals surface area (Å²) in [6, 6.07) is 11.3. The SMILES string of the molecule is Cc1ccn2cc(C(=O)N3C[C@H](C(=O)N4CCCCC4)Oc4ccccc43)nc2c1. The number of amides is 2. The number of aromatic nitrogens is 2. The molecule has 7 heteroatoms. The highest BCUT2D eigenvalue weighted by Gasteiger charge is 2.37. The Bertz CT molecular complexity index is 1120. The van der Waals surface area contributed by atoms with Crippen molar-refractivity contribution < 1.29 is 14.3 Å². The minimum Gasteiger partial charge on any atom is -0.476 e. The van der Waals surface area contributed by atoms with Gasteiger partial charge in [-0.05, 0) is 56.0 Å². The van der Waals surface area contributed by atoms with Gasteiger partial charge in [-0.25, -0.2) is 4.98 Å². The van der Waals surface area contributed by atoms with Crippen LogP contribution in [0.3, 0.4) is 0 Å². The number of rotatable bonds is 2. The second-order valence-corrected chi connectivity index (χ2v) is 7.97. The maximum absolute atomic E-state index is 13.4. The monoisotopic (exact) mass is 404 g/mol. The molecule has 1 fully saturated rings. The number of nitrogens with zero attached hydrogens (tertiary/aromatic N) is 4. The van der Waals surface area contributed by atoms with Crippen LogP contribution >= 0.6 is 0 Å². The van der Waals surface area contributed by atoms with E-state index in [2.05, 4.69) is 4.98 Å². The van der Waals surface area contributed by atoms with Gasteiger partial charge in [-0.1, -0.05) is 12.1 Å². The molecule has 0 aliphatic carbocycles. The van der Waals surface area contributed by atoms with E-state index in [4.69, 9.17) is 4.74 Å². The molecule has 2 aliphatic heterocycles. The van der Waals surface area contributed by atoms with Crippen LogP contribution in [0.2, 0.25) is 0 Å². The molecule has 2 aromatic heterocycles. The topological polar surface area (TPSA) is 67.2 Å². The summed E-state index contributed by atoms with van der Waals surface area (Å²) in [6.45, 7) is 3.67. The summed E-state index contributed by atoms with van der Waals surface area (Å²) in [6.07, 6.45) is 6.09. The first-order valence-corrected chi connectivity index (χ1v) is 10.4. The molecule has 1 saturated heterocycles. The van der Waals surface area contributed by atoms with Gasteiger partial charge in [0.2, 0.25) is 0 Å². The molecule has 0 saturated carbocycles. The number of anilines is 1. The van der Waals surface area contributed by atoms with Crippen LogP contribution in [0.15, 0.2) is 48.8 Å². The number of benzene rings is 1. The van der Waals surface area contributed by atoms with Gasteiger partial charge < -0.3 is 14.0 Å². The standard InChI is InChI=1S/C23H24N4O3/c1-16-9-12-26-14-17(24-21(26)13-16)22(28)27-15-20(23(29)25-10-5-2-6-11-25)30-19-8-4-3-7-18(19)27/h3-4,7-9,12-14,20H,2,5-6,10-11,15H2,1H3/t20-/m1/s1. The molecular formula is C23H24N4O3. The third-order valence-electron chi connectivity index (χ3n) is 5.80. The van der Waals surface area contributed by atoms with E-state index >= 15 is 0 Å². The number of fused-ring (bicyclic) bond motifs is 2. The Hall–Kier alpha value is -3.35. The summed E-state index contributed by atoms with van der Waals surface area (Å²) in [5.74, 6) is 0.267. The van der Waals surface area contributed by atoms with Crippen molar-refractivity contribution in [3.05, 3.63) is 60.0 Å². The van der Waals surface area contributed by atoms with Crippen molar-refractivity contribution >= 4 is 23.1 Å². The number of ether oxygens (including phenoxy) is 1. The lowest BCUT2D eigenvalue weighted by molar-refractivity contribution is -0.139. The van der Waals surface area contributed by atoms with Crippen molar-refractivity contribution in [2.45, 2.75) is 32.3 Å². The summed E-state index contributed by atoms with van der Waals surface area (Å²) < 4.78 is 7.86. The van der Waals surface area contributed by atoms with E-state index in [1.54, 1.807) is 17.2 Å². The fourth-order valence-electron chi connectivity index (χ4n) is 4.20. The summed E-state index contributed by atoms with van der Waals surface area (Å²) in [5, 5.41) is 0. The number of carbonyl (C=O) groups is 2. The number of para-hydroxylation sites is 2. The molecule has 0 N–H and O–H groups in total. The normalized spacial score (nSPS) is 18.8. The summed E-state index contributed by atoms with van der Waals surface area (Å²) >= 11 is 0. The average Bonchev–Trinajstić information content (AvgIpc) is 3.21.